The second-order valence-corrected chi connectivity index (χ2v) is 7.70. The van der Waals surface area contributed by atoms with Crippen molar-refractivity contribution in [1.82, 2.24) is 25.6 Å². The second-order valence-electron chi connectivity index (χ2n) is 6.67. The van der Waals surface area contributed by atoms with E-state index >= 15 is 0 Å². The minimum absolute atomic E-state index is 0.0659. The number of methoxy groups -OCH3 is 2. The molecular weight excluding hydrogens is 418 g/mol. The quantitative estimate of drug-likeness (QED) is 0.470. The van der Waals surface area contributed by atoms with Gasteiger partial charge in [-0.15, -0.1) is 16.4 Å². The molecule has 31 heavy (non-hydrogen) atoms. The van der Waals surface area contributed by atoms with Crippen molar-refractivity contribution in [3.63, 3.8) is 0 Å². The molecule has 3 rings (SSSR count). The predicted molar refractivity (Wildman–Crippen MR) is 116 cm³/mol. The highest BCUT2D eigenvalue weighted by molar-refractivity contribution is 7.09. The molecule has 0 saturated heterocycles. The van der Waals surface area contributed by atoms with Gasteiger partial charge in [-0.2, -0.15) is 0 Å². The van der Waals surface area contributed by atoms with Crippen LogP contribution in [0.4, 0.5) is 0 Å². The third-order valence-corrected chi connectivity index (χ3v) is 5.40. The van der Waals surface area contributed by atoms with E-state index in [4.69, 9.17) is 9.47 Å². The molecular formula is C21H25N5O4S. The maximum absolute atomic E-state index is 12.1. The molecule has 0 aliphatic heterocycles. The molecule has 10 heteroatoms. The summed E-state index contributed by atoms with van der Waals surface area (Å²) in [6.07, 6.45) is 2.51. The Bertz CT molecular complexity index is 1000. The lowest BCUT2D eigenvalue weighted by atomic mass is 10.1. The summed E-state index contributed by atoms with van der Waals surface area (Å²) in [6, 6.07) is 9.49. The Morgan fingerprint density at radius 1 is 1.13 bits per heavy atom. The number of carbonyl (C=O) groups is 2. The van der Waals surface area contributed by atoms with Crippen molar-refractivity contribution < 1.29 is 19.1 Å². The zero-order valence-electron chi connectivity index (χ0n) is 17.5. The number of rotatable bonds is 11. The third kappa shape index (κ3) is 6.54. The molecule has 0 unspecified atom stereocenters. The van der Waals surface area contributed by atoms with E-state index in [1.165, 1.54) is 4.68 Å². The van der Waals surface area contributed by atoms with Crippen LogP contribution in [-0.2, 0) is 24.3 Å². The van der Waals surface area contributed by atoms with Crippen molar-refractivity contribution in [2.75, 3.05) is 20.8 Å². The van der Waals surface area contributed by atoms with Crippen LogP contribution in [0, 0.1) is 0 Å². The highest BCUT2D eigenvalue weighted by Gasteiger charge is 2.11. The van der Waals surface area contributed by atoms with Crippen LogP contribution < -0.4 is 20.1 Å². The third-order valence-electron chi connectivity index (χ3n) is 4.53. The minimum Gasteiger partial charge on any atom is -0.493 e. The maximum atomic E-state index is 12.1. The largest absolute Gasteiger partial charge is 0.493 e. The highest BCUT2D eigenvalue weighted by atomic mass is 32.1. The Morgan fingerprint density at radius 3 is 2.71 bits per heavy atom. The molecule has 2 N–H and O–H groups in total. The number of hydrogen-bond acceptors (Lipinski definition) is 7. The van der Waals surface area contributed by atoms with Gasteiger partial charge in [0, 0.05) is 17.8 Å². The maximum Gasteiger partial charge on any atom is 0.273 e. The summed E-state index contributed by atoms with van der Waals surface area (Å²) in [7, 11) is 3.16. The fourth-order valence-corrected chi connectivity index (χ4v) is 3.52. The first kappa shape index (κ1) is 22.3. The molecule has 2 heterocycles. The van der Waals surface area contributed by atoms with E-state index in [1.807, 2.05) is 35.7 Å². The topological polar surface area (TPSA) is 107 Å². The van der Waals surface area contributed by atoms with Crippen molar-refractivity contribution in [1.29, 1.82) is 0 Å². The normalized spacial score (nSPS) is 10.5. The number of benzene rings is 1. The van der Waals surface area contributed by atoms with E-state index in [0.717, 1.165) is 10.4 Å². The Hall–Kier alpha value is -3.40. The number of aryl methyl sites for hydroxylation is 1. The van der Waals surface area contributed by atoms with Crippen LogP contribution in [0.15, 0.2) is 41.9 Å². The SMILES string of the molecule is COc1ccc(CCC(=O)NCCn2cc(C(=O)NCc3cccs3)nn2)cc1OC. The molecule has 2 amide bonds. The number of ether oxygens (including phenoxy) is 2. The average Bonchev–Trinajstić information content (AvgIpc) is 3.48. The van der Waals surface area contributed by atoms with Gasteiger partial charge in [-0.1, -0.05) is 17.3 Å². The molecule has 0 fully saturated rings. The van der Waals surface area contributed by atoms with Crippen molar-refractivity contribution >= 4 is 23.2 Å². The number of thiophene rings is 1. The second kappa shape index (κ2) is 11.1. The molecule has 0 atom stereocenters. The zero-order valence-corrected chi connectivity index (χ0v) is 18.3. The first-order chi connectivity index (χ1) is 15.1. The Labute approximate surface area is 184 Å². The van der Waals surface area contributed by atoms with Crippen LogP contribution in [0.25, 0.3) is 0 Å². The van der Waals surface area contributed by atoms with Crippen molar-refractivity contribution in [3.05, 3.63) is 58.0 Å². The number of nitrogens with zero attached hydrogens (tertiary/aromatic N) is 3. The highest BCUT2D eigenvalue weighted by Crippen LogP contribution is 2.27. The fraction of sp³-hybridized carbons (Fsp3) is 0.333. The summed E-state index contributed by atoms with van der Waals surface area (Å²) in [5.41, 5.74) is 1.23. The molecule has 0 saturated carbocycles. The summed E-state index contributed by atoms with van der Waals surface area (Å²) in [5, 5.41) is 15.4. The van der Waals surface area contributed by atoms with Crippen LogP contribution >= 0.6 is 11.3 Å². The first-order valence-corrected chi connectivity index (χ1v) is 10.7. The van der Waals surface area contributed by atoms with Gasteiger partial charge in [0.2, 0.25) is 5.91 Å². The standard InChI is InChI=1S/C21H25N5O4S/c1-29-18-7-5-15(12-19(18)30-2)6-8-20(27)22-9-10-26-14-17(24-25-26)21(28)23-13-16-4-3-11-31-16/h3-5,7,11-12,14H,6,8-10,13H2,1-2H3,(H,22,27)(H,23,28). The molecule has 0 bridgehead atoms. The van der Waals surface area contributed by atoms with Gasteiger partial charge in [0.15, 0.2) is 17.2 Å². The van der Waals surface area contributed by atoms with E-state index < -0.39 is 0 Å². The van der Waals surface area contributed by atoms with Gasteiger partial charge in [-0.3, -0.25) is 9.59 Å². The number of aromatic nitrogens is 3. The van der Waals surface area contributed by atoms with E-state index in [0.29, 0.717) is 44.0 Å². The summed E-state index contributed by atoms with van der Waals surface area (Å²) in [5.74, 6) is 0.951. The molecule has 0 aliphatic rings. The van der Waals surface area contributed by atoms with E-state index in [1.54, 1.807) is 31.8 Å². The minimum atomic E-state index is -0.279. The Kier molecular flexibility index (Phi) is 7.99. The summed E-state index contributed by atoms with van der Waals surface area (Å²) < 4.78 is 12.0. The fourth-order valence-electron chi connectivity index (χ4n) is 2.88. The Balaban J connectivity index is 1.38. The van der Waals surface area contributed by atoms with E-state index in [2.05, 4.69) is 20.9 Å². The molecule has 0 aliphatic carbocycles. The summed E-state index contributed by atoms with van der Waals surface area (Å²) >= 11 is 1.58. The van der Waals surface area contributed by atoms with Crippen LogP contribution in [0.2, 0.25) is 0 Å². The average molecular weight is 444 g/mol. The van der Waals surface area contributed by atoms with Crippen LogP contribution in [-0.4, -0.2) is 47.6 Å². The molecule has 164 valence electrons. The van der Waals surface area contributed by atoms with Gasteiger partial charge in [0.1, 0.15) is 0 Å². The van der Waals surface area contributed by atoms with Crippen LogP contribution in [0.1, 0.15) is 27.3 Å². The predicted octanol–water partition coefficient (Wildman–Crippen LogP) is 2.04. The Morgan fingerprint density at radius 2 is 1.97 bits per heavy atom. The lowest BCUT2D eigenvalue weighted by Crippen LogP contribution is -2.27. The van der Waals surface area contributed by atoms with Gasteiger partial charge in [0.05, 0.1) is 33.5 Å². The lowest BCUT2D eigenvalue weighted by molar-refractivity contribution is -0.121. The van der Waals surface area contributed by atoms with E-state index in [9.17, 15) is 9.59 Å². The molecule has 0 radical (unpaired) electrons. The molecule has 2 aromatic heterocycles. The summed E-state index contributed by atoms with van der Waals surface area (Å²) in [6.45, 7) is 1.27. The van der Waals surface area contributed by atoms with Gasteiger partial charge >= 0.3 is 0 Å². The molecule has 3 aromatic rings. The van der Waals surface area contributed by atoms with Crippen LogP contribution in [0.5, 0.6) is 11.5 Å². The van der Waals surface area contributed by atoms with Crippen LogP contribution in [0.3, 0.4) is 0 Å². The first-order valence-electron chi connectivity index (χ1n) is 9.77. The number of nitrogens with one attached hydrogen (secondary N) is 2. The van der Waals surface area contributed by atoms with E-state index in [-0.39, 0.29) is 17.5 Å². The van der Waals surface area contributed by atoms with Crippen molar-refractivity contribution in [2.45, 2.75) is 25.9 Å². The van der Waals surface area contributed by atoms with Gasteiger partial charge in [0.25, 0.3) is 5.91 Å². The van der Waals surface area contributed by atoms with Crippen molar-refractivity contribution in [3.8, 4) is 11.5 Å². The lowest BCUT2D eigenvalue weighted by Gasteiger charge is -2.09. The molecule has 1 aromatic carbocycles. The molecule has 9 nitrogen and oxygen atoms in total. The monoisotopic (exact) mass is 443 g/mol. The number of amides is 2. The summed E-state index contributed by atoms with van der Waals surface area (Å²) in [4.78, 5) is 25.3. The molecule has 0 spiro atoms. The van der Waals surface area contributed by atoms with Crippen molar-refractivity contribution in [2.24, 2.45) is 0 Å². The smallest absolute Gasteiger partial charge is 0.273 e. The number of carbonyl (C=O) groups excluding carboxylic acids is 2. The van der Waals surface area contributed by atoms with Gasteiger partial charge < -0.3 is 20.1 Å². The van der Waals surface area contributed by atoms with Gasteiger partial charge in [-0.05, 0) is 35.6 Å². The zero-order chi connectivity index (χ0) is 22.1. The van der Waals surface area contributed by atoms with Gasteiger partial charge in [-0.25, -0.2) is 4.68 Å². The number of hydrogen-bond donors (Lipinski definition) is 2.